The molecule has 0 aromatic heterocycles. The minimum absolute atomic E-state index is 0.00640. The minimum Gasteiger partial charge on any atom is -0.504 e. The molecular weight excluding hydrogens is 364 g/mol. The molecule has 128 valence electrons. The molecule has 4 N–H and O–H groups in total. The van der Waals surface area contributed by atoms with Crippen LogP contribution in [0.4, 0.5) is 0 Å². The molecule has 11 heteroatoms. The maximum absolute atomic E-state index is 12.3. The third-order valence-corrected chi connectivity index (χ3v) is 4.95. The lowest BCUT2D eigenvalue weighted by atomic mass is 10.0. The Hall–Kier alpha value is -2.47. The number of carbonyl (C=O) groups is 1. The molecule has 24 heavy (non-hydrogen) atoms. The summed E-state index contributed by atoms with van der Waals surface area (Å²) in [5.41, 5.74) is -0.785. The molecule has 0 aliphatic rings. The third kappa shape index (κ3) is 3.23. The summed E-state index contributed by atoms with van der Waals surface area (Å²) in [6.07, 6.45) is 0. The fourth-order valence-corrected chi connectivity index (χ4v) is 3.86. The Morgan fingerprint density at radius 1 is 0.833 bits per heavy atom. The molecule has 0 amide bonds. The number of hydrogen-bond acceptors (Lipinski definition) is 7. The van der Waals surface area contributed by atoms with E-state index in [1.54, 1.807) is 6.07 Å². The van der Waals surface area contributed by atoms with Crippen molar-refractivity contribution in [2.45, 2.75) is 9.79 Å². The fourth-order valence-electron chi connectivity index (χ4n) is 1.98. The van der Waals surface area contributed by atoms with Crippen LogP contribution < -0.4 is 0 Å². The number of aromatic hydroxyl groups is 2. The van der Waals surface area contributed by atoms with Gasteiger partial charge in [0.05, 0.1) is 5.56 Å². The minimum atomic E-state index is -5.34. The van der Waals surface area contributed by atoms with Crippen molar-refractivity contribution < 1.29 is 40.9 Å². The highest BCUT2D eigenvalue weighted by Crippen LogP contribution is 2.40. The molecule has 0 heterocycles. The van der Waals surface area contributed by atoms with Crippen LogP contribution in [0.3, 0.4) is 0 Å². The zero-order chi connectivity index (χ0) is 18.3. The summed E-state index contributed by atoms with van der Waals surface area (Å²) in [6.45, 7) is 0. The van der Waals surface area contributed by atoms with Gasteiger partial charge < -0.3 is 10.2 Å². The van der Waals surface area contributed by atoms with Gasteiger partial charge in [-0.1, -0.05) is 30.3 Å². The van der Waals surface area contributed by atoms with Gasteiger partial charge in [-0.25, -0.2) is 0 Å². The quantitative estimate of drug-likeness (QED) is 0.344. The molecule has 0 saturated heterocycles. The van der Waals surface area contributed by atoms with Gasteiger partial charge in [0.15, 0.2) is 22.2 Å². The van der Waals surface area contributed by atoms with E-state index in [0.29, 0.717) is 6.07 Å². The van der Waals surface area contributed by atoms with E-state index in [0.717, 1.165) is 0 Å². The second kappa shape index (κ2) is 5.87. The van der Waals surface area contributed by atoms with Crippen LogP contribution in [0.25, 0.3) is 0 Å². The Morgan fingerprint density at radius 2 is 1.38 bits per heavy atom. The SMILES string of the molecule is O=C(c1ccccc1)c1cc(S(=O)(=O)O)c(S(=O)(=O)O)c(O)c1O. The number of hydrogen-bond donors (Lipinski definition) is 4. The molecule has 0 unspecified atom stereocenters. The lowest BCUT2D eigenvalue weighted by Gasteiger charge is -2.12. The predicted octanol–water partition coefficient (Wildman–Crippen LogP) is 0.822. The lowest BCUT2D eigenvalue weighted by molar-refractivity contribution is 0.103. The first-order chi connectivity index (χ1) is 10.9. The molecule has 0 aliphatic carbocycles. The Balaban J connectivity index is 2.87. The Bertz CT molecular complexity index is 1020. The maximum atomic E-state index is 12.3. The number of benzene rings is 2. The lowest BCUT2D eigenvalue weighted by Crippen LogP contribution is -2.12. The van der Waals surface area contributed by atoms with Crippen molar-refractivity contribution in [3.05, 3.63) is 47.5 Å². The van der Waals surface area contributed by atoms with Crippen LogP contribution in [0.15, 0.2) is 46.2 Å². The van der Waals surface area contributed by atoms with Gasteiger partial charge in [0.25, 0.3) is 20.2 Å². The first kappa shape index (κ1) is 17.9. The zero-order valence-electron chi connectivity index (χ0n) is 11.6. The highest BCUT2D eigenvalue weighted by Gasteiger charge is 2.33. The zero-order valence-corrected chi connectivity index (χ0v) is 13.2. The number of carbonyl (C=O) groups excluding carboxylic acids is 1. The smallest absolute Gasteiger partial charge is 0.299 e. The summed E-state index contributed by atoms with van der Waals surface area (Å²) in [5, 5.41) is 19.6. The Labute approximate surface area is 136 Å². The first-order valence-electron chi connectivity index (χ1n) is 6.08. The molecule has 2 aromatic rings. The largest absolute Gasteiger partial charge is 0.504 e. The number of ketones is 1. The van der Waals surface area contributed by atoms with Gasteiger partial charge in [0.1, 0.15) is 4.90 Å². The van der Waals surface area contributed by atoms with Gasteiger partial charge in [-0.15, -0.1) is 0 Å². The molecule has 2 aromatic carbocycles. The molecule has 0 spiro atoms. The van der Waals surface area contributed by atoms with Crippen molar-refractivity contribution in [2.75, 3.05) is 0 Å². The number of rotatable bonds is 4. The maximum Gasteiger partial charge on any atom is 0.299 e. The van der Waals surface area contributed by atoms with Crippen molar-refractivity contribution in [2.24, 2.45) is 0 Å². The Kier molecular flexibility index (Phi) is 4.37. The van der Waals surface area contributed by atoms with E-state index in [-0.39, 0.29) is 5.56 Å². The van der Waals surface area contributed by atoms with E-state index < -0.39 is 52.9 Å². The van der Waals surface area contributed by atoms with Gasteiger partial charge >= 0.3 is 0 Å². The third-order valence-electron chi connectivity index (χ3n) is 3.01. The summed E-state index contributed by atoms with van der Waals surface area (Å²) in [7, 11) is -10.6. The molecule has 0 aliphatic heterocycles. The van der Waals surface area contributed by atoms with Crippen LogP contribution in [0.2, 0.25) is 0 Å². The predicted molar refractivity (Wildman–Crippen MR) is 79.3 cm³/mol. The molecule has 0 atom stereocenters. The van der Waals surface area contributed by atoms with Crippen LogP contribution >= 0.6 is 0 Å². The van der Waals surface area contributed by atoms with E-state index in [1.165, 1.54) is 24.3 Å². The average Bonchev–Trinajstić information content (AvgIpc) is 2.47. The molecular formula is C13H10O9S2. The average molecular weight is 374 g/mol. The van der Waals surface area contributed by atoms with E-state index in [4.69, 9.17) is 9.11 Å². The van der Waals surface area contributed by atoms with Gasteiger partial charge in [0, 0.05) is 5.56 Å². The highest BCUT2D eigenvalue weighted by atomic mass is 32.2. The van der Waals surface area contributed by atoms with Crippen LogP contribution in [-0.2, 0) is 20.2 Å². The number of phenolic OH excluding ortho intramolecular Hbond substituents is 2. The molecule has 0 fully saturated rings. The first-order valence-corrected chi connectivity index (χ1v) is 8.96. The summed E-state index contributed by atoms with van der Waals surface area (Å²) >= 11 is 0. The summed E-state index contributed by atoms with van der Waals surface area (Å²) in [5.74, 6) is -3.79. The van der Waals surface area contributed by atoms with Crippen molar-refractivity contribution in [3.8, 4) is 11.5 Å². The molecule has 2 rings (SSSR count). The highest BCUT2D eigenvalue weighted by molar-refractivity contribution is 7.89. The van der Waals surface area contributed by atoms with Crippen LogP contribution in [0, 0.1) is 0 Å². The standard InChI is InChI=1S/C13H10O9S2/c14-10(7-4-2-1-3-5-7)8-6-9(23(17,18)19)13(24(20,21)22)12(16)11(8)15/h1-6,15-16H,(H,17,18,19)(H,20,21,22). The topological polar surface area (TPSA) is 166 Å². The van der Waals surface area contributed by atoms with Crippen LogP contribution in [0.5, 0.6) is 11.5 Å². The summed E-state index contributed by atoms with van der Waals surface area (Å²) in [6, 6.07) is 7.52. The fraction of sp³-hybridized carbons (Fsp3) is 0. The second-order valence-corrected chi connectivity index (χ2v) is 7.34. The van der Waals surface area contributed by atoms with Crippen molar-refractivity contribution in [3.63, 3.8) is 0 Å². The monoisotopic (exact) mass is 374 g/mol. The summed E-state index contributed by atoms with van der Waals surface area (Å²) < 4.78 is 63.3. The summed E-state index contributed by atoms with van der Waals surface area (Å²) in [4.78, 5) is 9.22. The van der Waals surface area contributed by atoms with E-state index in [1.807, 2.05) is 0 Å². The van der Waals surface area contributed by atoms with Gasteiger partial charge in [-0.3, -0.25) is 13.9 Å². The second-order valence-electron chi connectivity index (χ2n) is 4.59. The van der Waals surface area contributed by atoms with Crippen molar-refractivity contribution in [1.29, 1.82) is 0 Å². The Morgan fingerprint density at radius 3 is 1.83 bits per heavy atom. The van der Waals surface area contributed by atoms with Crippen LogP contribution in [-0.4, -0.2) is 41.9 Å². The van der Waals surface area contributed by atoms with Crippen molar-refractivity contribution in [1.82, 2.24) is 0 Å². The van der Waals surface area contributed by atoms with Gasteiger partial charge in [-0.2, -0.15) is 16.8 Å². The van der Waals surface area contributed by atoms with E-state index >= 15 is 0 Å². The van der Waals surface area contributed by atoms with E-state index in [9.17, 15) is 31.8 Å². The van der Waals surface area contributed by atoms with Crippen LogP contribution in [0.1, 0.15) is 15.9 Å². The van der Waals surface area contributed by atoms with Crippen molar-refractivity contribution >= 4 is 26.0 Å². The molecule has 0 radical (unpaired) electrons. The number of phenols is 2. The molecule has 0 saturated carbocycles. The molecule has 9 nitrogen and oxygen atoms in total. The van der Waals surface area contributed by atoms with Gasteiger partial charge in [0.2, 0.25) is 0 Å². The van der Waals surface area contributed by atoms with Gasteiger partial charge in [-0.05, 0) is 6.07 Å². The molecule has 0 bridgehead atoms. The normalized spacial score (nSPS) is 12.1. The van der Waals surface area contributed by atoms with E-state index in [2.05, 4.69) is 0 Å².